The van der Waals surface area contributed by atoms with Gasteiger partial charge in [0, 0.05) is 41.6 Å². The molecular weight excluding hydrogens is 477 g/mol. The Kier molecular flexibility index (Phi) is 8.32. The second-order valence-corrected chi connectivity index (χ2v) is 10.5. The summed E-state index contributed by atoms with van der Waals surface area (Å²) in [5.41, 5.74) is 5.75. The van der Waals surface area contributed by atoms with Crippen LogP contribution < -0.4 is 16.5 Å². The highest BCUT2D eigenvalue weighted by molar-refractivity contribution is 7.11. The van der Waals surface area contributed by atoms with Crippen molar-refractivity contribution < 1.29 is 23.4 Å². The third-order valence-corrected chi connectivity index (χ3v) is 7.57. The molecule has 1 aromatic heterocycles. The number of aromatic nitrogens is 1. The summed E-state index contributed by atoms with van der Waals surface area (Å²) in [5, 5.41) is 8.52. The summed E-state index contributed by atoms with van der Waals surface area (Å²) in [5.74, 6) is -1.06. The minimum atomic E-state index is -4.37. The van der Waals surface area contributed by atoms with Crippen LogP contribution in [-0.4, -0.2) is 60.8 Å². The zero-order valence-corrected chi connectivity index (χ0v) is 20.9. The fraction of sp³-hybridized carbons (Fsp3) is 0.500. The number of hydrogen-bond donors (Lipinski definition) is 3. The van der Waals surface area contributed by atoms with Crippen molar-refractivity contribution in [2.45, 2.75) is 50.7 Å². The molecule has 35 heavy (non-hydrogen) atoms. The second-order valence-electron chi connectivity index (χ2n) is 9.21. The molecule has 1 fully saturated rings. The normalized spacial score (nSPS) is 17.2. The highest BCUT2D eigenvalue weighted by Crippen LogP contribution is 2.66. The number of carbonyl (C=O) groups is 1. The predicted octanol–water partition coefficient (Wildman–Crippen LogP) is 2.05. The van der Waals surface area contributed by atoms with E-state index in [0.29, 0.717) is 23.8 Å². The van der Waals surface area contributed by atoms with Crippen molar-refractivity contribution in [1.82, 2.24) is 15.2 Å². The fourth-order valence-electron chi connectivity index (χ4n) is 4.18. The molecule has 2 aromatic rings. The van der Waals surface area contributed by atoms with E-state index in [4.69, 9.17) is 11.1 Å². The molecule has 1 heterocycles. The van der Waals surface area contributed by atoms with Crippen molar-refractivity contribution in [1.29, 1.82) is 0 Å². The quantitative estimate of drug-likeness (QED) is 0.318. The molecular formula is C24H32F3N6OS+. The van der Waals surface area contributed by atoms with Crippen LogP contribution in [0, 0.1) is 12.3 Å². The van der Waals surface area contributed by atoms with E-state index in [2.05, 4.69) is 15.3 Å². The van der Waals surface area contributed by atoms with Crippen molar-refractivity contribution in [3.8, 4) is 0 Å². The molecule has 190 valence electrons. The maximum Gasteiger partial charge on any atom is 0.395 e. The number of thiazole rings is 1. The lowest BCUT2D eigenvalue weighted by atomic mass is 9.85. The van der Waals surface area contributed by atoms with E-state index < -0.39 is 23.4 Å². The van der Waals surface area contributed by atoms with Gasteiger partial charge in [-0.2, -0.15) is 13.2 Å². The number of rotatable bonds is 11. The maximum atomic E-state index is 13.9. The average molecular weight is 510 g/mol. The Morgan fingerprint density at radius 2 is 2.00 bits per heavy atom. The van der Waals surface area contributed by atoms with Gasteiger partial charge in [-0.15, -0.1) is 11.3 Å². The summed E-state index contributed by atoms with van der Waals surface area (Å²) in [6.45, 7) is 2.11. The van der Waals surface area contributed by atoms with Gasteiger partial charge in [0.2, 0.25) is 11.7 Å². The summed E-state index contributed by atoms with van der Waals surface area (Å²) in [6.07, 6.45) is -1.21. The van der Waals surface area contributed by atoms with Crippen molar-refractivity contribution in [2.24, 2.45) is 16.1 Å². The lowest BCUT2D eigenvalue weighted by Crippen LogP contribution is -2.42. The van der Waals surface area contributed by atoms with Crippen LogP contribution in [0.4, 0.5) is 13.2 Å². The summed E-state index contributed by atoms with van der Waals surface area (Å²) in [7, 11) is 3.80. The number of hydrogen-bond acceptors (Lipinski definition) is 4. The number of aryl methyl sites for hydroxylation is 1. The molecule has 0 spiro atoms. The van der Waals surface area contributed by atoms with E-state index in [0.717, 1.165) is 22.3 Å². The van der Waals surface area contributed by atoms with Gasteiger partial charge < -0.3 is 16.0 Å². The van der Waals surface area contributed by atoms with Crippen LogP contribution in [0.3, 0.4) is 0 Å². The molecule has 1 aliphatic rings. The van der Waals surface area contributed by atoms with Gasteiger partial charge in [0.1, 0.15) is 0 Å². The number of nitrogens with two attached hydrogens (primary N) is 2. The van der Waals surface area contributed by atoms with Gasteiger partial charge in [0.15, 0.2) is 0 Å². The van der Waals surface area contributed by atoms with E-state index in [9.17, 15) is 18.0 Å². The Hall–Kier alpha value is -2.79. The van der Waals surface area contributed by atoms with Crippen molar-refractivity contribution in [3.63, 3.8) is 0 Å². The van der Waals surface area contributed by atoms with E-state index >= 15 is 0 Å². The molecule has 0 aliphatic heterocycles. The molecule has 1 saturated carbocycles. The number of likely N-dealkylation sites (N-methyl/N-ethyl adjacent to an activating group) is 1. The molecule has 3 rings (SSSR count). The van der Waals surface area contributed by atoms with Crippen molar-refractivity contribution in [3.05, 3.63) is 51.5 Å². The van der Waals surface area contributed by atoms with Gasteiger partial charge in [-0.1, -0.05) is 12.1 Å². The number of nitrogens with zero attached hydrogens (tertiary/aromatic N) is 3. The molecule has 0 saturated heterocycles. The Bertz CT molecular complexity index is 1060. The van der Waals surface area contributed by atoms with E-state index in [1.807, 2.05) is 43.3 Å². The summed E-state index contributed by atoms with van der Waals surface area (Å²) in [6, 6.07) is 7.48. The first-order valence-electron chi connectivity index (χ1n) is 11.3. The lowest BCUT2D eigenvalue weighted by Gasteiger charge is -2.28. The standard InChI is InChI=1S/C24H31F3N6OS/c1-15-12-31-22(35-15)19(23(8-9-23)24(25,26)27)11-20(34)30-13-18(33(2)3)10-16-4-6-17(7-5-16)21(29)32-14-28/h4-7,12,14,18-19H,8-11,13H2,1-3H3,(H,30,34)(H3,28,29,32)/p+1/t18-,19+/m0/s1. The number of halogens is 3. The summed E-state index contributed by atoms with van der Waals surface area (Å²) in [4.78, 5) is 23.7. The van der Waals surface area contributed by atoms with Crippen LogP contribution >= 0.6 is 11.3 Å². The number of carbonyl (C=O) groups excluding carboxylic acids is 1. The number of benzene rings is 1. The van der Waals surface area contributed by atoms with Crippen LogP contribution in [0.5, 0.6) is 0 Å². The summed E-state index contributed by atoms with van der Waals surface area (Å²) < 4.78 is 41.7. The second kappa shape index (κ2) is 10.9. The Labute approximate surface area is 207 Å². The van der Waals surface area contributed by atoms with Gasteiger partial charge in [-0.05, 0) is 63.0 Å². The number of aliphatic imine (C=N–C) groups is 1. The van der Waals surface area contributed by atoms with Crippen LogP contribution in [0.25, 0.3) is 0 Å². The lowest BCUT2D eigenvalue weighted by molar-refractivity contribution is -0.194. The predicted molar refractivity (Wildman–Crippen MR) is 131 cm³/mol. The third kappa shape index (κ3) is 6.46. The first kappa shape index (κ1) is 26.8. The zero-order valence-electron chi connectivity index (χ0n) is 20.1. The molecule has 7 nitrogen and oxygen atoms in total. The fourth-order valence-corrected chi connectivity index (χ4v) is 5.17. The van der Waals surface area contributed by atoms with E-state index in [-0.39, 0.29) is 25.3 Å². The number of nitrogens with one attached hydrogen (secondary N) is 1. The average Bonchev–Trinajstić information content (AvgIpc) is 3.50. The first-order chi connectivity index (χ1) is 16.5. The highest BCUT2D eigenvalue weighted by atomic mass is 32.1. The van der Waals surface area contributed by atoms with Gasteiger partial charge in [-0.3, -0.25) is 10.2 Å². The van der Waals surface area contributed by atoms with Gasteiger partial charge in [0.05, 0.1) is 10.4 Å². The molecule has 1 aromatic carbocycles. The molecule has 0 radical (unpaired) electrons. The number of amides is 1. The highest BCUT2D eigenvalue weighted by Gasteiger charge is 2.68. The first-order valence-corrected chi connectivity index (χ1v) is 12.2. The van der Waals surface area contributed by atoms with Gasteiger partial charge in [-0.25, -0.2) is 4.98 Å². The molecule has 2 atom stereocenters. The maximum absolute atomic E-state index is 13.9. The van der Waals surface area contributed by atoms with Crippen LogP contribution in [-0.2, 0) is 11.2 Å². The van der Waals surface area contributed by atoms with Crippen LogP contribution in [0.1, 0.15) is 46.2 Å². The van der Waals surface area contributed by atoms with Gasteiger partial charge in [0.25, 0.3) is 6.34 Å². The monoisotopic (exact) mass is 509 g/mol. The van der Waals surface area contributed by atoms with E-state index in [1.54, 1.807) is 13.1 Å². The minimum absolute atomic E-state index is 0.0297. The van der Waals surface area contributed by atoms with Crippen LogP contribution in [0.2, 0.25) is 0 Å². The van der Waals surface area contributed by atoms with Crippen molar-refractivity contribution in [2.75, 3.05) is 20.6 Å². The molecule has 1 aliphatic carbocycles. The molecule has 11 heteroatoms. The smallest absolute Gasteiger partial charge is 0.362 e. The number of alkyl halides is 3. The summed E-state index contributed by atoms with van der Waals surface area (Å²) >= 11 is 1.23. The molecule has 5 N–H and O–H groups in total. The SMILES string of the molecule is Cc1cnc([C@@H](CC(=O)NC[C@H](Cc2ccc(C(N)=NC=[NH2+])cc2)N(C)C)C2(C(F)(F)F)CC2)s1. The zero-order chi connectivity index (χ0) is 25.8. The third-order valence-electron chi connectivity index (χ3n) is 6.55. The number of amidine groups is 1. The Balaban J connectivity index is 1.65. The van der Waals surface area contributed by atoms with Crippen molar-refractivity contribution >= 4 is 29.4 Å². The molecule has 1 amide bonds. The molecule has 0 unspecified atom stereocenters. The largest absolute Gasteiger partial charge is 0.395 e. The Morgan fingerprint density at radius 1 is 1.34 bits per heavy atom. The Morgan fingerprint density at radius 3 is 2.49 bits per heavy atom. The topological polar surface area (TPSA) is 109 Å². The van der Waals surface area contributed by atoms with E-state index in [1.165, 1.54) is 11.3 Å². The van der Waals surface area contributed by atoms with Crippen LogP contribution in [0.15, 0.2) is 35.5 Å². The molecule has 0 bridgehead atoms. The minimum Gasteiger partial charge on any atom is -0.362 e. The van der Waals surface area contributed by atoms with Gasteiger partial charge >= 0.3 is 6.18 Å².